The number of hydrogen-bond acceptors (Lipinski definition) is 5. The van der Waals surface area contributed by atoms with Crippen molar-refractivity contribution in [2.24, 2.45) is 17.8 Å². The van der Waals surface area contributed by atoms with Gasteiger partial charge in [0.1, 0.15) is 5.75 Å². The van der Waals surface area contributed by atoms with Crippen LogP contribution in [0.15, 0.2) is 61.0 Å². The first-order chi connectivity index (χ1) is 21.9. The van der Waals surface area contributed by atoms with Crippen LogP contribution in [-0.2, 0) is 26.3 Å². The molecule has 6 rings (SSSR count). The van der Waals surface area contributed by atoms with Crippen LogP contribution in [0.1, 0.15) is 73.9 Å². The molecule has 248 valence electrons. The Balaban J connectivity index is 1.47. The molecular weight excluding hydrogens is 623 g/mol. The van der Waals surface area contributed by atoms with Gasteiger partial charge in [0.15, 0.2) is 0 Å². The number of carbonyl (C=O) groups is 1. The molecule has 0 aromatic heterocycles. The first-order valence-corrected chi connectivity index (χ1v) is 18.6. The fourth-order valence-corrected chi connectivity index (χ4v) is 9.91. The van der Waals surface area contributed by atoms with Crippen LogP contribution in [0.4, 0.5) is 10.1 Å². The summed E-state index contributed by atoms with van der Waals surface area (Å²) < 4.78 is 44.1. The Morgan fingerprint density at radius 2 is 2.04 bits per heavy atom. The van der Waals surface area contributed by atoms with Crippen molar-refractivity contribution in [3.05, 3.63) is 82.7 Å². The maximum Gasteiger partial charge on any atom is 0.262 e. The zero-order valence-corrected chi connectivity index (χ0v) is 28.7. The van der Waals surface area contributed by atoms with E-state index in [9.17, 15) is 13.4 Å². The molecule has 2 bridgehead atoms. The van der Waals surface area contributed by atoms with Gasteiger partial charge in [0.2, 0.25) is 0 Å². The van der Waals surface area contributed by atoms with E-state index in [2.05, 4.69) is 34.2 Å². The fourth-order valence-electron chi connectivity index (χ4n) is 8.23. The summed E-state index contributed by atoms with van der Waals surface area (Å²) in [5.41, 5.74) is 2.62. The van der Waals surface area contributed by atoms with Crippen LogP contribution in [0, 0.1) is 17.8 Å². The summed E-state index contributed by atoms with van der Waals surface area (Å²) in [6, 6.07) is 11.7. The lowest BCUT2D eigenvalue weighted by molar-refractivity contribution is -0.0768. The predicted octanol–water partition coefficient (Wildman–Crippen LogP) is 7.44. The highest BCUT2D eigenvalue weighted by Gasteiger charge is 2.49. The second-order valence-electron chi connectivity index (χ2n) is 14.1. The van der Waals surface area contributed by atoms with Crippen LogP contribution in [0.5, 0.6) is 5.75 Å². The molecule has 0 radical (unpaired) electrons. The van der Waals surface area contributed by atoms with E-state index in [1.165, 1.54) is 11.1 Å². The summed E-state index contributed by atoms with van der Waals surface area (Å²) in [5, 5.41) is 0.328. The quantitative estimate of drug-likeness (QED) is 0.272. The standard InChI is InChI=1S/C37H46ClFN2O4S/c1-24-8-6-17-37(44-4,20-25(2)39)32-13-10-29(32)21-41-22-36(16-7-9-27-18-30(38)12-14-31(27)36)23-45-34-15-11-28(19-33(34)41)35(42)40-46(5,43)26(24)3/h6,11-12,14-15,17-19,24,26,29,32H,2,5,7-10,13,16,20-23H2,1,3-4H3,(H,40,42,43)/b17-6+/t24-,26+,29-,32+,36-,37-,46?/m0/s1. The summed E-state index contributed by atoms with van der Waals surface area (Å²) in [7, 11) is -1.33. The van der Waals surface area contributed by atoms with Crippen molar-refractivity contribution in [2.45, 2.75) is 75.1 Å². The average molecular weight is 669 g/mol. The molecule has 9 heteroatoms. The van der Waals surface area contributed by atoms with Gasteiger partial charge in [-0.1, -0.05) is 43.3 Å². The van der Waals surface area contributed by atoms with E-state index in [0.717, 1.165) is 42.8 Å². The zero-order chi connectivity index (χ0) is 32.9. The van der Waals surface area contributed by atoms with E-state index in [4.69, 9.17) is 21.1 Å². The van der Waals surface area contributed by atoms with Crippen molar-refractivity contribution in [1.29, 1.82) is 0 Å². The summed E-state index contributed by atoms with van der Waals surface area (Å²) in [4.78, 5) is 16.0. The van der Waals surface area contributed by atoms with Crippen molar-refractivity contribution in [2.75, 3.05) is 31.7 Å². The molecule has 4 aliphatic rings. The second-order valence-corrected chi connectivity index (χ2v) is 16.9. The molecule has 7 atom stereocenters. The largest absolute Gasteiger partial charge is 0.490 e. The third kappa shape index (κ3) is 6.13. The topological polar surface area (TPSA) is 67.9 Å². The minimum absolute atomic E-state index is 0.0600. The van der Waals surface area contributed by atoms with Crippen LogP contribution in [0.25, 0.3) is 0 Å². The number of nitrogens with one attached hydrogen (secondary N) is 1. The number of amides is 1. The van der Waals surface area contributed by atoms with Gasteiger partial charge in [-0.15, -0.1) is 0 Å². The smallest absolute Gasteiger partial charge is 0.262 e. The van der Waals surface area contributed by atoms with E-state index in [1.807, 2.05) is 44.2 Å². The molecule has 2 aliphatic carbocycles. The third-order valence-corrected chi connectivity index (χ3v) is 13.7. The lowest BCUT2D eigenvalue weighted by Crippen LogP contribution is -2.53. The molecule has 1 N–H and O–H groups in total. The van der Waals surface area contributed by atoms with Crippen LogP contribution in [-0.4, -0.2) is 53.6 Å². The highest BCUT2D eigenvalue weighted by molar-refractivity contribution is 7.99. The normalized spacial score (nSPS) is 35.1. The van der Waals surface area contributed by atoms with E-state index in [0.29, 0.717) is 37.4 Å². The number of carbonyl (C=O) groups excluding carboxylic acids is 1. The number of nitrogens with zero attached hydrogens (tertiary/aromatic N) is 1. The molecule has 1 spiro atoms. The van der Waals surface area contributed by atoms with E-state index < -0.39 is 32.3 Å². The molecule has 0 saturated heterocycles. The van der Waals surface area contributed by atoms with E-state index in [-0.39, 0.29) is 29.6 Å². The Hall–Kier alpha value is -2.81. The Morgan fingerprint density at radius 1 is 1.24 bits per heavy atom. The second kappa shape index (κ2) is 12.7. The lowest BCUT2D eigenvalue weighted by atomic mass is 9.62. The number of allylic oxidation sites excluding steroid dienone is 1. The summed E-state index contributed by atoms with van der Waals surface area (Å²) in [5.74, 6) is 4.06. The first-order valence-electron chi connectivity index (χ1n) is 16.4. The zero-order valence-electron chi connectivity index (χ0n) is 27.2. The van der Waals surface area contributed by atoms with Crippen LogP contribution in [0.2, 0.25) is 5.02 Å². The van der Waals surface area contributed by atoms with Gasteiger partial charge in [0, 0.05) is 47.9 Å². The molecule has 2 heterocycles. The highest BCUT2D eigenvalue weighted by atomic mass is 35.5. The number of aryl methyl sites for hydroxylation is 1. The number of rotatable bonds is 3. The third-order valence-electron chi connectivity index (χ3n) is 11.2. The van der Waals surface area contributed by atoms with Gasteiger partial charge in [-0.05, 0) is 111 Å². The number of methoxy groups -OCH3 is 1. The Labute approximate surface area is 278 Å². The minimum Gasteiger partial charge on any atom is -0.490 e. The molecule has 2 aromatic carbocycles. The number of ether oxygens (including phenoxy) is 2. The lowest BCUT2D eigenvalue weighted by Gasteiger charge is -2.50. The molecular formula is C37H46ClFN2O4S. The Bertz CT molecular complexity index is 1660. The van der Waals surface area contributed by atoms with Gasteiger partial charge < -0.3 is 14.4 Å². The highest BCUT2D eigenvalue weighted by Crippen LogP contribution is 2.50. The van der Waals surface area contributed by atoms with Gasteiger partial charge in [-0.2, -0.15) is 0 Å². The number of fused-ring (bicyclic) bond motifs is 4. The summed E-state index contributed by atoms with van der Waals surface area (Å²) in [6.07, 6.45) is 9.52. The summed E-state index contributed by atoms with van der Waals surface area (Å²) >= 11 is 6.44. The fraction of sp³-hybridized carbons (Fsp3) is 0.514. The van der Waals surface area contributed by atoms with E-state index >= 15 is 0 Å². The molecule has 1 amide bonds. The maximum atomic E-state index is 14.7. The number of benzene rings is 2. The molecule has 1 unspecified atom stereocenters. The average Bonchev–Trinajstić information content (AvgIpc) is 3.14. The van der Waals surface area contributed by atoms with E-state index in [1.54, 1.807) is 13.2 Å². The summed E-state index contributed by atoms with van der Waals surface area (Å²) in [6.45, 7) is 9.35. The molecule has 2 aromatic rings. The Kier molecular flexibility index (Phi) is 9.11. The van der Waals surface area contributed by atoms with Crippen LogP contribution >= 0.6 is 11.6 Å². The van der Waals surface area contributed by atoms with Gasteiger partial charge in [-0.3, -0.25) is 9.52 Å². The number of halogens is 2. The number of hydrogen-bond donors (Lipinski definition) is 1. The molecule has 46 heavy (non-hydrogen) atoms. The Morgan fingerprint density at radius 3 is 2.76 bits per heavy atom. The van der Waals surface area contributed by atoms with Crippen LogP contribution < -0.4 is 14.4 Å². The maximum absolute atomic E-state index is 14.7. The van der Waals surface area contributed by atoms with Gasteiger partial charge >= 0.3 is 0 Å². The SMILES string of the molecule is C=C(F)C[C@@]1(OC)/C=C/C[C@H](C)[C@@H](C)S(=C)(=O)NC(=O)c2ccc3c(c2)N(C[C@@H]2CC[C@H]21)C[C@@]1(CCCc2cc(Cl)ccc21)CO3. The van der Waals surface area contributed by atoms with Gasteiger partial charge in [0.05, 0.1) is 33.4 Å². The predicted molar refractivity (Wildman–Crippen MR) is 186 cm³/mol. The first kappa shape index (κ1) is 33.1. The van der Waals surface area contributed by atoms with Crippen molar-refractivity contribution in [3.63, 3.8) is 0 Å². The molecule has 2 aliphatic heterocycles. The number of anilines is 1. The van der Waals surface area contributed by atoms with Gasteiger partial charge in [0.25, 0.3) is 5.91 Å². The molecule has 1 saturated carbocycles. The molecule has 6 nitrogen and oxygen atoms in total. The van der Waals surface area contributed by atoms with Crippen molar-refractivity contribution < 1.29 is 22.9 Å². The van der Waals surface area contributed by atoms with Crippen molar-refractivity contribution >= 4 is 38.8 Å². The monoisotopic (exact) mass is 668 g/mol. The van der Waals surface area contributed by atoms with Gasteiger partial charge in [-0.25, -0.2) is 8.60 Å². The molecule has 1 fully saturated rings. The van der Waals surface area contributed by atoms with Crippen molar-refractivity contribution in [1.82, 2.24) is 4.72 Å². The minimum atomic E-state index is -2.99. The van der Waals surface area contributed by atoms with Crippen molar-refractivity contribution in [3.8, 4) is 5.75 Å². The van der Waals surface area contributed by atoms with Crippen LogP contribution in [0.3, 0.4) is 0 Å².